The van der Waals surface area contributed by atoms with Crippen LogP contribution in [0.5, 0.6) is 0 Å². The van der Waals surface area contributed by atoms with Gasteiger partial charge in [0.25, 0.3) is 5.91 Å². The molecule has 0 unspecified atom stereocenters. The zero-order valence-corrected chi connectivity index (χ0v) is 11.4. The highest BCUT2D eigenvalue weighted by atomic mass is 32.2. The monoisotopic (exact) mass is 304 g/mol. The van der Waals surface area contributed by atoms with Crippen LogP contribution < -0.4 is 10.5 Å². The average molecular weight is 304 g/mol. The van der Waals surface area contributed by atoms with Gasteiger partial charge < -0.3 is 14.8 Å². The number of hydrogen-bond acceptors (Lipinski definition) is 6. The van der Waals surface area contributed by atoms with Crippen LogP contribution in [0.25, 0.3) is 0 Å². The van der Waals surface area contributed by atoms with Crippen molar-refractivity contribution in [2.75, 3.05) is 13.2 Å². The molecule has 0 saturated heterocycles. The number of sulfonamides is 1. The molecule has 0 fully saturated rings. The molecule has 0 spiro atoms. The molecule has 1 aromatic heterocycles. The van der Waals surface area contributed by atoms with Gasteiger partial charge in [0.15, 0.2) is 0 Å². The van der Waals surface area contributed by atoms with Crippen LogP contribution in [0.3, 0.4) is 0 Å². The van der Waals surface area contributed by atoms with E-state index in [4.69, 9.17) is 14.6 Å². The van der Waals surface area contributed by atoms with Gasteiger partial charge in [-0.25, -0.2) is 13.6 Å². The average Bonchev–Trinajstić information content (AvgIpc) is 2.86. The van der Waals surface area contributed by atoms with Gasteiger partial charge >= 0.3 is 0 Å². The summed E-state index contributed by atoms with van der Waals surface area (Å²) in [6.45, 7) is 0.937. The van der Waals surface area contributed by atoms with Crippen LogP contribution >= 0.6 is 11.3 Å². The molecule has 7 nitrogen and oxygen atoms in total. The van der Waals surface area contributed by atoms with Gasteiger partial charge in [-0.1, -0.05) is 0 Å². The van der Waals surface area contributed by atoms with Crippen molar-refractivity contribution >= 4 is 27.3 Å². The number of thiophene rings is 1. The van der Waals surface area contributed by atoms with E-state index in [9.17, 15) is 13.2 Å². The maximum atomic E-state index is 11.7. The number of carbonyl (C=O) groups excluding carboxylic acids is 1. The zero-order chi connectivity index (χ0) is 13.9. The Kier molecular flexibility index (Phi) is 4.08. The maximum absolute atomic E-state index is 11.7. The molecule has 1 aromatic rings. The van der Waals surface area contributed by atoms with Gasteiger partial charge in [-0.2, -0.15) is 0 Å². The first-order valence-corrected chi connectivity index (χ1v) is 7.67. The third-order valence-electron chi connectivity index (χ3n) is 2.21. The van der Waals surface area contributed by atoms with Crippen LogP contribution in [0.1, 0.15) is 4.88 Å². The Morgan fingerprint density at radius 2 is 2.21 bits per heavy atom. The highest BCUT2D eigenvalue weighted by molar-refractivity contribution is 7.91. The van der Waals surface area contributed by atoms with E-state index in [1.165, 1.54) is 12.3 Å². The van der Waals surface area contributed by atoms with Gasteiger partial charge in [-0.3, -0.25) is 4.79 Å². The molecule has 1 aliphatic rings. The van der Waals surface area contributed by atoms with Crippen molar-refractivity contribution in [1.82, 2.24) is 5.32 Å². The predicted molar refractivity (Wildman–Crippen MR) is 67.5 cm³/mol. The fourth-order valence-corrected chi connectivity index (χ4v) is 3.07. The summed E-state index contributed by atoms with van der Waals surface area (Å²) in [6.07, 6.45) is 1.25. The van der Waals surface area contributed by atoms with E-state index in [1.807, 2.05) is 0 Å². The van der Waals surface area contributed by atoms with E-state index >= 15 is 0 Å². The van der Waals surface area contributed by atoms with Crippen molar-refractivity contribution in [3.8, 4) is 0 Å². The Hall–Kier alpha value is -1.58. The first kappa shape index (κ1) is 13.8. The number of ether oxygens (including phenoxy) is 2. The topological polar surface area (TPSA) is 108 Å². The fourth-order valence-electron chi connectivity index (χ4n) is 1.35. The second-order valence-electron chi connectivity index (χ2n) is 3.65. The molecule has 0 atom stereocenters. The predicted octanol–water partition coefficient (Wildman–Crippen LogP) is -0.100. The third-order valence-corrected chi connectivity index (χ3v) is 4.74. The molecule has 3 N–H and O–H groups in total. The van der Waals surface area contributed by atoms with Crippen molar-refractivity contribution in [3.05, 3.63) is 29.0 Å². The first-order chi connectivity index (χ1) is 8.97. The van der Waals surface area contributed by atoms with Crippen molar-refractivity contribution in [3.63, 3.8) is 0 Å². The van der Waals surface area contributed by atoms with E-state index in [0.717, 1.165) is 11.3 Å². The number of rotatable bonds is 4. The minimum atomic E-state index is -3.69. The number of carbonyl (C=O) groups is 1. The van der Waals surface area contributed by atoms with Crippen molar-refractivity contribution < 1.29 is 22.7 Å². The summed E-state index contributed by atoms with van der Waals surface area (Å²) in [4.78, 5) is 12.3. The highest BCUT2D eigenvalue weighted by Gasteiger charge is 2.16. The van der Waals surface area contributed by atoms with E-state index in [2.05, 4.69) is 5.32 Å². The fraction of sp³-hybridized carbons (Fsp3) is 0.300. The number of hydrogen-bond donors (Lipinski definition) is 2. The van der Waals surface area contributed by atoms with Gasteiger partial charge in [-0.05, 0) is 12.1 Å². The van der Waals surface area contributed by atoms with Crippen LogP contribution in [0, 0.1) is 0 Å². The molecule has 19 heavy (non-hydrogen) atoms. The highest BCUT2D eigenvalue weighted by Crippen LogP contribution is 2.20. The van der Waals surface area contributed by atoms with Crippen LogP contribution in [-0.2, 0) is 30.8 Å². The van der Waals surface area contributed by atoms with Gasteiger partial charge in [-0.15, -0.1) is 11.3 Å². The third kappa shape index (κ3) is 3.69. The van der Waals surface area contributed by atoms with E-state index in [0.29, 0.717) is 18.1 Å². The smallest absolute Gasteiger partial charge is 0.289 e. The lowest BCUT2D eigenvalue weighted by atomic mass is 10.4. The quantitative estimate of drug-likeness (QED) is 0.807. The molecule has 2 heterocycles. The second-order valence-corrected chi connectivity index (χ2v) is 6.61. The van der Waals surface area contributed by atoms with Crippen LogP contribution in [0.4, 0.5) is 0 Å². The zero-order valence-electron chi connectivity index (χ0n) is 9.79. The molecule has 0 saturated carbocycles. The van der Waals surface area contributed by atoms with Crippen molar-refractivity contribution in [1.29, 1.82) is 0 Å². The van der Waals surface area contributed by atoms with Crippen LogP contribution in [-0.4, -0.2) is 27.5 Å². The molecule has 0 aromatic carbocycles. The lowest BCUT2D eigenvalue weighted by molar-refractivity contribution is -0.122. The summed E-state index contributed by atoms with van der Waals surface area (Å²) < 4.78 is 32.3. The molecular weight excluding hydrogens is 292 g/mol. The molecule has 104 valence electrons. The van der Waals surface area contributed by atoms with E-state index < -0.39 is 15.9 Å². The summed E-state index contributed by atoms with van der Waals surface area (Å²) in [5.41, 5.74) is 0. The van der Waals surface area contributed by atoms with Crippen molar-refractivity contribution in [2.24, 2.45) is 5.14 Å². The van der Waals surface area contributed by atoms with Gasteiger partial charge in [0, 0.05) is 4.88 Å². The molecule has 9 heteroatoms. The summed E-state index contributed by atoms with van der Waals surface area (Å²) in [6, 6.07) is 3.00. The summed E-state index contributed by atoms with van der Waals surface area (Å²) in [5, 5.41) is 7.59. The molecule has 1 aliphatic heterocycles. The standard InChI is InChI=1S/C10H12N2O5S2/c11-19(14,15)9-2-1-7(18-9)5-12-10(13)8-6-16-3-4-17-8/h1-2,6H,3-5H2,(H,12,13)(H2,11,14,15). The Labute approximate surface area is 114 Å². The van der Waals surface area contributed by atoms with Gasteiger partial charge in [0.1, 0.15) is 23.7 Å². The number of primary sulfonamides is 1. The normalized spacial score (nSPS) is 15.1. The largest absolute Gasteiger partial charge is 0.494 e. The van der Waals surface area contributed by atoms with Crippen LogP contribution in [0.2, 0.25) is 0 Å². The van der Waals surface area contributed by atoms with Gasteiger partial charge in [0.2, 0.25) is 15.8 Å². The number of amides is 1. The van der Waals surface area contributed by atoms with Crippen molar-refractivity contribution in [2.45, 2.75) is 10.8 Å². The summed E-state index contributed by atoms with van der Waals surface area (Å²) >= 11 is 1.01. The Bertz CT molecular complexity index is 605. The summed E-state index contributed by atoms with van der Waals surface area (Å²) in [5.74, 6) is -0.306. The molecular formula is C10H12N2O5S2. The molecule has 0 bridgehead atoms. The number of nitrogens with one attached hydrogen (secondary N) is 1. The maximum Gasteiger partial charge on any atom is 0.289 e. The Balaban J connectivity index is 1.94. The minimum absolute atomic E-state index is 0.0632. The number of nitrogens with two attached hydrogens (primary N) is 1. The molecule has 0 radical (unpaired) electrons. The lowest BCUT2D eigenvalue weighted by Gasteiger charge is -2.14. The second kappa shape index (κ2) is 5.59. The van der Waals surface area contributed by atoms with Gasteiger partial charge in [0.05, 0.1) is 6.54 Å². The SMILES string of the molecule is NS(=O)(=O)c1ccc(CNC(=O)C2=COCCO2)s1. The van der Waals surface area contributed by atoms with E-state index in [-0.39, 0.29) is 16.5 Å². The molecule has 2 rings (SSSR count). The Morgan fingerprint density at radius 3 is 2.79 bits per heavy atom. The van der Waals surface area contributed by atoms with Crippen LogP contribution in [0.15, 0.2) is 28.4 Å². The molecule has 0 aliphatic carbocycles. The lowest BCUT2D eigenvalue weighted by Crippen LogP contribution is -2.27. The Morgan fingerprint density at radius 1 is 1.42 bits per heavy atom. The molecule has 1 amide bonds. The van der Waals surface area contributed by atoms with E-state index in [1.54, 1.807) is 6.07 Å². The first-order valence-electron chi connectivity index (χ1n) is 5.31. The minimum Gasteiger partial charge on any atom is -0.494 e. The summed E-state index contributed by atoms with van der Waals surface area (Å²) in [7, 11) is -3.69.